The van der Waals surface area contributed by atoms with Crippen LogP contribution in [0.15, 0.2) is 70.7 Å². The van der Waals surface area contributed by atoms with Gasteiger partial charge in [-0.15, -0.1) is 10.2 Å². The summed E-state index contributed by atoms with van der Waals surface area (Å²) in [5.41, 5.74) is 5.12. The van der Waals surface area contributed by atoms with Gasteiger partial charge in [-0.2, -0.15) is 0 Å². The smallest absolute Gasteiger partial charge is 0.269 e. The van der Waals surface area contributed by atoms with E-state index in [0.717, 1.165) is 16.7 Å². The summed E-state index contributed by atoms with van der Waals surface area (Å²) in [6.45, 7) is 7.38. The van der Waals surface area contributed by atoms with E-state index in [-0.39, 0.29) is 17.1 Å². The number of benzene rings is 3. The molecule has 11 heteroatoms. The summed E-state index contributed by atoms with van der Waals surface area (Å²) in [6, 6.07) is 17.8. The summed E-state index contributed by atoms with van der Waals surface area (Å²) >= 11 is 1.45. The van der Waals surface area contributed by atoms with Crippen LogP contribution in [0.5, 0.6) is 0 Å². The molecule has 0 aliphatic carbocycles. The van der Waals surface area contributed by atoms with Crippen LogP contribution in [-0.2, 0) is 22.3 Å². The second-order valence-corrected chi connectivity index (χ2v) is 11.5. The number of thioether (sulfide) groups is 1. The quantitative estimate of drug-likeness (QED) is 0.177. The Morgan fingerprint density at radius 3 is 2.24 bits per heavy atom. The highest BCUT2D eigenvalue weighted by Gasteiger charge is 2.22. The van der Waals surface area contributed by atoms with Gasteiger partial charge in [0.2, 0.25) is 10.0 Å². The molecule has 0 radical (unpaired) electrons. The molecule has 0 saturated carbocycles. The number of non-ortho nitro benzene ring substituents is 1. The Bertz CT molecular complexity index is 1540. The molecule has 4 aromatic rings. The number of nitrogens with one attached hydrogen (secondary N) is 1. The highest BCUT2D eigenvalue weighted by atomic mass is 32.2. The van der Waals surface area contributed by atoms with Crippen molar-refractivity contribution in [3.8, 4) is 5.69 Å². The molecule has 1 heterocycles. The summed E-state index contributed by atoms with van der Waals surface area (Å²) in [5, 5.41) is 20.3. The van der Waals surface area contributed by atoms with E-state index in [1.807, 2.05) is 44.2 Å². The van der Waals surface area contributed by atoms with Crippen LogP contribution in [0.25, 0.3) is 5.69 Å². The molecule has 0 atom stereocenters. The Hall–Kier alpha value is -3.54. The Morgan fingerprint density at radius 2 is 1.62 bits per heavy atom. The summed E-state index contributed by atoms with van der Waals surface area (Å²) in [7, 11) is -3.83. The zero-order valence-electron chi connectivity index (χ0n) is 20.9. The van der Waals surface area contributed by atoms with Gasteiger partial charge in [0.25, 0.3) is 5.69 Å². The molecule has 0 aliphatic heterocycles. The van der Waals surface area contributed by atoms with E-state index in [1.54, 1.807) is 30.5 Å². The van der Waals surface area contributed by atoms with Crippen molar-refractivity contribution in [3.63, 3.8) is 0 Å². The largest absolute Gasteiger partial charge is 0.273 e. The minimum atomic E-state index is -3.83. The van der Waals surface area contributed by atoms with Gasteiger partial charge in [0, 0.05) is 23.6 Å². The molecule has 0 amide bonds. The number of nitrogens with zero attached hydrogens (tertiary/aromatic N) is 4. The predicted octanol–water partition coefficient (Wildman–Crippen LogP) is 5.18. The predicted molar refractivity (Wildman–Crippen MR) is 143 cm³/mol. The van der Waals surface area contributed by atoms with Gasteiger partial charge in [-0.05, 0) is 56.5 Å². The van der Waals surface area contributed by atoms with E-state index in [1.165, 1.54) is 23.9 Å². The first-order valence-electron chi connectivity index (χ1n) is 11.5. The lowest BCUT2D eigenvalue weighted by Gasteiger charge is -2.14. The maximum Gasteiger partial charge on any atom is 0.269 e. The average Bonchev–Trinajstić information content (AvgIpc) is 3.23. The van der Waals surface area contributed by atoms with Gasteiger partial charge in [-0.3, -0.25) is 14.7 Å². The Morgan fingerprint density at radius 1 is 0.946 bits per heavy atom. The first kappa shape index (κ1) is 26.5. The molecule has 0 spiro atoms. The molecule has 37 heavy (non-hydrogen) atoms. The van der Waals surface area contributed by atoms with Crippen molar-refractivity contribution in [1.82, 2.24) is 19.5 Å². The number of nitro groups is 1. The Balaban J connectivity index is 1.66. The first-order chi connectivity index (χ1) is 17.5. The van der Waals surface area contributed by atoms with Gasteiger partial charge in [0.05, 0.1) is 16.4 Å². The third-order valence-electron chi connectivity index (χ3n) is 5.76. The molecular weight excluding hydrogens is 510 g/mol. The number of rotatable bonds is 9. The molecule has 0 bridgehead atoms. The van der Waals surface area contributed by atoms with Gasteiger partial charge >= 0.3 is 0 Å². The molecule has 3 aromatic carbocycles. The minimum absolute atomic E-state index is 0.0432. The van der Waals surface area contributed by atoms with Crippen molar-refractivity contribution in [2.45, 2.75) is 50.0 Å². The molecule has 0 unspecified atom stereocenters. The molecule has 9 nitrogen and oxygen atoms in total. The Kier molecular flexibility index (Phi) is 7.76. The number of aromatic nitrogens is 3. The van der Waals surface area contributed by atoms with Crippen molar-refractivity contribution in [2.24, 2.45) is 0 Å². The maximum atomic E-state index is 13.2. The zero-order valence-corrected chi connectivity index (χ0v) is 22.6. The minimum Gasteiger partial charge on any atom is -0.273 e. The summed E-state index contributed by atoms with van der Waals surface area (Å²) < 4.78 is 30.8. The lowest BCUT2D eigenvalue weighted by atomic mass is 10.1. The fourth-order valence-electron chi connectivity index (χ4n) is 4.26. The monoisotopic (exact) mass is 537 g/mol. The van der Waals surface area contributed by atoms with E-state index in [2.05, 4.69) is 21.0 Å². The van der Waals surface area contributed by atoms with Crippen LogP contribution in [-0.4, -0.2) is 28.1 Å². The van der Waals surface area contributed by atoms with Crippen molar-refractivity contribution in [1.29, 1.82) is 0 Å². The summed E-state index contributed by atoms with van der Waals surface area (Å²) in [6.07, 6.45) is 0. The Labute approximate surface area is 220 Å². The third-order valence-corrected chi connectivity index (χ3v) is 8.47. The van der Waals surface area contributed by atoms with Gasteiger partial charge < -0.3 is 0 Å². The highest BCUT2D eigenvalue weighted by Crippen LogP contribution is 2.27. The van der Waals surface area contributed by atoms with Crippen LogP contribution in [0.4, 0.5) is 5.69 Å². The maximum absolute atomic E-state index is 13.2. The summed E-state index contributed by atoms with van der Waals surface area (Å²) in [5.74, 6) is 0.992. The van der Waals surface area contributed by atoms with Gasteiger partial charge in [-0.25, -0.2) is 13.1 Å². The van der Waals surface area contributed by atoms with Gasteiger partial charge in [-0.1, -0.05) is 59.3 Å². The molecule has 0 aliphatic rings. The molecule has 1 N–H and O–H groups in total. The molecular formula is C26H27N5O4S2. The lowest BCUT2D eigenvalue weighted by molar-refractivity contribution is -0.384. The fourth-order valence-corrected chi connectivity index (χ4v) is 6.61. The molecule has 4 rings (SSSR count). The average molecular weight is 538 g/mol. The normalized spacial score (nSPS) is 11.6. The van der Waals surface area contributed by atoms with Crippen LogP contribution in [0.1, 0.15) is 33.6 Å². The zero-order chi connectivity index (χ0) is 26.7. The van der Waals surface area contributed by atoms with E-state index < -0.39 is 14.9 Å². The second-order valence-electron chi connectivity index (χ2n) is 8.84. The van der Waals surface area contributed by atoms with Crippen molar-refractivity contribution in [2.75, 3.05) is 0 Å². The standard InChI is InChI=1S/C26H27N5O4S2/c1-17-6-5-7-21(14-17)16-36-26-29-28-24(30(26)22-8-10-23(11-9-22)31(32)33)15-27-37(34,35)25-19(3)12-18(2)13-20(25)4/h5-14,27H,15-16H2,1-4H3. The lowest BCUT2D eigenvalue weighted by Crippen LogP contribution is -2.26. The molecule has 0 fully saturated rings. The van der Waals surface area contributed by atoms with Crippen molar-refractivity contribution < 1.29 is 13.3 Å². The van der Waals surface area contributed by atoms with E-state index >= 15 is 0 Å². The second kappa shape index (κ2) is 10.8. The topological polar surface area (TPSA) is 120 Å². The molecule has 1 aromatic heterocycles. The van der Waals surface area contributed by atoms with Gasteiger partial charge in [0.15, 0.2) is 11.0 Å². The number of hydrogen-bond acceptors (Lipinski definition) is 7. The molecule has 192 valence electrons. The fraction of sp³-hybridized carbons (Fsp3) is 0.231. The van der Waals surface area contributed by atoms with E-state index in [9.17, 15) is 18.5 Å². The number of sulfonamides is 1. The van der Waals surface area contributed by atoms with Crippen molar-refractivity contribution >= 4 is 27.5 Å². The van der Waals surface area contributed by atoms with Crippen LogP contribution in [0.3, 0.4) is 0 Å². The molecule has 0 saturated heterocycles. The van der Waals surface area contributed by atoms with E-state index in [0.29, 0.717) is 33.5 Å². The van der Waals surface area contributed by atoms with E-state index in [4.69, 9.17) is 0 Å². The highest BCUT2D eigenvalue weighted by molar-refractivity contribution is 7.98. The van der Waals surface area contributed by atoms with Crippen LogP contribution in [0.2, 0.25) is 0 Å². The third kappa shape index (κ3) is 6.07. The summed E-state index contributed by atoms with van der Waals surface area (Å²) in [4.78, 5) is 10.9. The van der Waals surface area contributed by atoms with Gasteiger partial charge in [0.1, 0.15) is 0 Å². The number of nitro benzene ring substituents is 1. The first-order valence-corrected chi connectivity index (χ1v) is 14.0. The number of aryl methyl sites for hydroxylation is 4. The van der Waals surface area contributed by atoms with Crippen LogP contribution in [0, 0.1) is 37.8 Å². The van der Waals surface area contributed by atoms with Crippen LogP contribution < -0.4 is 4.72 Å². The number of hydrogen-bond donors (Lipinski definition) is 1. The van der Waals surface area contributed by atoms with Crippen molar-refractivity contribution in [3.05, 3.63) is 104 Å². The SMILES string of the molecule is Cc1cccc(CSc2nnc(CNS(=O)(=O)c3c(C)cc(C)cc3C)n2-c2ccc([N+](=O)[O-])cc2)c1. The van der Waals surface area contributed by atoms with Crippen LogP contribution >= 0.6 is 11.8 Å².